The van der Waals surface area contributed by atoms with E-state index in [0.29, 0.717) is 11.6 Å². The van der Waals surface area contributed by atoms with E-state index in [2.05, 4.69) is 24.4 Å². The van der Waals surface area contributed by atoms with Crippen LogP contribution in [0.2, 0.25) is 10.0 Å². The van der Waals surface area contributed by atoms with Crippen LogP contribution in [0.25, 0.3) is 0 Å². The van der Waals surface area contributed by atoms with Crippen LogP contribution < -0.4 is 5.32 Å². The fourth-order valence-corrected chi connectivity index (χ4v) is 2.18. The SMILES string of the molecule is C[C@@H](NCc1cc(Cl)ccc1Cl)c1ccccc1. The van der Waals surface area contributed by atoms with Crippen molar-refractivity contribution < 1.29 is 0 Å². The first kappa shape index (κ1) is 13.4. The Morgan fingerprint density at radius 2 is 1.78 bits per heavy atom. The zero-order valence-corrected chi connectivity index (χ0v) is 11.7. The molecule has 0 bridgehead atoms. The van der Waals surface area contributed by atoms with Crippen molar-refractivity contribution in [2.24, 2.45) is 0 Å². The van der Waals surface area contributed by atoms with Crippen LogP contribution in [0.15, 0.2) is 48.5 Å². The predicted octanol–water partition coefficient (Wildman–Crippen LogP) is 4.84. The summed E-state index contributed by atoms with van der Waals surface area (Å²) in [5.41, 5.74) is 2.28. The van der Waals surface area contributed by atoms with E-state index in [-0.39, 0.29) is 6.04 Å². The Morgan fingerprint density at radius 1 is 1.06 bits per heavy atom. The molecule has 1 nitrogen and oxygen atoms in total. The Balaban J connectivity index is 2.01. The van der Waals surface area contributed by atoms with E-state index in [9.17, 15) is 0 Å². The summed E-state index contributed by atoms with van der Waals surface area (Å²) in [4.78, 5) is 0. The molecule has 0 amide bonds. The zero-order valence-electron chi connectivity index (χ0n) is 10.2. The third-order valence-electron chi connectivity index (χ3n) is 2.91. The van der Waals surface area contributed by atoms with E-state index in [1.165, 1.54) is 5.56 Å². The average molecular weight is 280 g/mol. The van der Waals surface area contributed by atoms with E-state index in [1.807, 2.05) is 30.3 Å². The standard InChI is InChI=1S/C15H15Cl2N/c1-11(12-5-3-2-4-6-12)18-10-13-9-14(16)7-8-15(13)17/h2-9,11,18H,10H2,1H3/t11-/m1/s1. The fourth-order valence-electron chi connectivity index (χ4n) is 1.80. The number of hydrogen-bond acceptors (Lipinski definition) is 1. The number of hydrogen-bond donors (Lipinski definition) is 1. The van der Waals surface area contributed by atoms with Gasteiger partial charge in [0.1, 0.15) is 0 Å². The quantitative estimate of drug-likeness (QED) is 0.844. The first-order chi connectivity index (χ1) is 8.66. The highest BCUT2D eigenvalue weighted by Gasteiger charge is 2.06. The summed E-state index contributed by atoms with van der Waals surface area (Å²) in [5.74, 6) is 0. The molecule has 0 aliphatic heterocycles. The fraction of sp³-hybridized carbons (Fsp3) is 0.200. The van der Waals surface area contributed by atoms with Crippen molar-refractivity contribution in [2.45, 2.75) is 19.5 Å². The lowest BCUT2D eigenvalue weighted by atomic mass is 10.1. The normalized spacial score (nSPS) is 12.4. The summed E-state index contributed by atoms with van der Waals surface area (Å²) in [6.45, 7) is 2.84. The molecule has 0 radical (unpaired) electrons. The van der Waals surface area contributed by atoms with Gasteiger partial charge in [-0.1, -0.05) is 53.5 Å². The molecule has 2 rings (SSSR count). The van der Waals surface area contributed by atoms with Gasteiger partial charge in [0, 0.05) is 22.6 Å². The van der Waals surface area contributed by atoms with Gasteiger partial charge < -0.3 is 5.32 Å². The Labute approximate surface area is 118 Å². The molecule has 1 N–H and O–H groups in total. The predicted molar refractivity (Wildman–Crippen MR) is 78.2 cm³/mol. The molecule has 18 heavy (non-hydrogen) atoms. The van der Waals surface area contributed by atoms with Gasteiger partial charge in [0.25, 0.3) is 0 Å². The van der Waals surface area contributed by atoms with E-state index < -0.39 is 0 Å². The molecule has 0 aliphatic carbocycles. The smallest absolute Gasteiger partial charge is 0.0451 e. The molecule has 0 fully saturated rings. The minimum absolute atomic E-state index is 0.279. The molecule has 0 heterocycles. The first-order valence-electron chi connectivity index (χ1n) is 5.89. The lowest BCUT2D eigenvalue weighted by Gasteiger charge is -2.15. The van der Waals surface area contributed by atoms with Crippen LogP contribution in [-0.2, 0) is 6.54 Å². The van der Waals surface area contributed by atoms with E-state index in [0.717, 1.165) is 10.6 Å². The van der Waals surface area contributed by atoms with Gasteiger partial charge in [0.05, 0.1) is 0 Å². The van der Waals surface area contributed by atoms with Crippen LogP contribution in [0.1, 0.15) is 24.1 Å². The molecule has 0 aliphatic rings. The third kappa shape index (κ3) is 3.49. The zero-order chi connectivity index (χ0) is 13.0. The summed E-state index contributed by atoms with van der Waals surface area (Å²) in [6.07, 6.45) is 0. The van der Waals surface area contributed by atoms with E-state index >= 15 is 0 Å². The van der Waals surface area contributed by atoms with Gasteiger partial charge in [0.2, 0.25) is 0 Å². The largest absolute Gasteiger partial charge is 0.306 e. The maximum absolute atomic E-state index is 6.13. The lowest BCUT2D eigenvalue weighted by Crippen LogP contribution is -2.18. The molecule has 0 aromatic heterocycles. The minimum atomic E-state index is 0.279. The number of benzene rings is 2. The molecule has 0 saturated carbocycles. The summed E-state index contributed by atoms with van der Waals surface area (Å²) in [6, 6.07) is 16.1. The maximum atomic E-state index is 6.13. The van der Waals surface area contributed by atoms with Crippen LogP contribution >= 0.6 is 23.2 Å². The molecular formula is C15H15Cl2N. The van der Waals surface area contributed by atoms with Gasteiger partial charge in [-0.05, 0) is 36.2 Å². The average Bonchev–Trinajstić information content (AvgIpc) is 2.40. The van der Waals surface area contributed by atoms with Gasteiger partial charge in [0.15, 0.2) is 0 Å². The van der Waals surface area contributed by atoms with Crippen LogP contribution in [0.4, 0.5) is 0 Å². The number of nitrogens with one attached hydrogen (secondary N) is 1. The molecule has 94 valence electrons. The van der Waals surface area contributed by atoms with Crippen molar-refractivity contribution in [2.75, 3.05) is 0 Å². The van der Waals surface area contributed by atoms with Crippen LogP contribution in [-0.4, -0.2) is 0 Å². The summed E-state index contributed by atoms with van der Waals surface area (Å²) < 4.78 is 0. The summed E-state index contributed by atoms with van der Waals surface area (Å²) >= 11 is 12.1. The second kappa shape index (κ2) is 6.24. The monoisotopic (exact) mass is 279 g/mol. The van der Waals surface area contributed by atoms with Gasteiger partial charge in [-0.25, -0.2) is 0 Å². The van der Waals surface area contributed by atoms with Crippen molar-refractivity contribution in [1.29, 1.82) is 0 Å². The summed E-state index contributed by atoms with van der Waals surface area (Å²) in [7, 11) is 0. The van der Waals surface area contributed by atoms with Crippen LogP contribution in [0.3, 0.4) is 0 Å². The van der Waals surface area contributed by atoms with Crippen LogP contribution in [0, 0.1) is 0 Å². The first-order valence-corrected chi connectivity index (χ1v) is 6.64. The number of rotatable bonds is 4. The molecule has 2 aromatic rings. The van der Waals surface area contributed by atoms with Crippen molar-refractivity contribution in [3.8, 4) is 0 Å². The van der Waals surface area contributed by atoms with Crippen molar-refractivity contribution >= 4 is 23.2 Å². The molecular weight excluding hydrogens is 265 g/mol. The molecule has 0 saturated heterocycles. The van der Waals surface area contributed by atoms with Gasteiger partial charge >= 0.3 is 0 Å². The van der Waals surface area contributed by atoms with Gasteiger partial charge in [-0.3, -0.25) is 0 Å². The third-order valence-corrected chi connectivity index (χ3v) is 3.51. The van der Waals surface area contributed by atoms with Gasteiger partial charge in [-0.15, -0.1) is 0 Å². The topological polar surface area (TPSA) is 12.0 Å². The highest BCUT2D eigenvalue weighted by atomic mass is 35.5. The molecule has 0 spiro atoms. The number of halogens is 2. The Morgan fingerprint density at radius 3 is 2.50 bits per heavy atom. The molecule has 3 heteroatoms. The van der Waals surface area contributed by atoms with Crippen molar-refractivity contribution in [3.63, 3.8) is 0 Å². The molecule has 2 aromatic carbocycles. The van der Waals surface area contributed by atoms with Crippen molar-refractivity contribution in [1.82, 2.24) is 5.32 Å². The Kier molecular flexibility index (Phi) is 4.65. The summed E-state index contributed by atoms with van der Waals surface area (Å²) in [5, 5.41) is 4.89. The second-order valence-corrected chi connectivity index (χ2v) is 5.09. The Hall–Kier alpha value is -1.02. The maximum Gasteiger partial charge on any atom is 0.0451 e. The highest BCUT2D eigenvalue weighted by Crippen LogP contribution is 2.21. The van der Waals surface area contributed by atoms with Gasteiger partial charge in [-0.2, -0.15) is 0 Å². The Bertz CT molecular complexity index is 511. The van der Waals surface area contributed by atoms with Crippen LogP contribution in [0.5, 0.6) is 0 Å². The van der Waals surface area contributed by atoms with E-state index in [4.69, 9.17) is 23.2 Å². The lowest BCUT2D eigenvalue weighted by molar-refractivity contribution is 0.575. The second-order valence-electron chi connectivity index (χ2n) is 4.25. The minimum Gasteiger partial charge on any atom is -0.306 e. The molecule has 1 atom stereocenters. The van der Waals surface area contributed by atoms with E-state index in [1.54, 1.807) is 6.07 Å². The molecule has 0 unspecified atom stereocenters. The van der Waals surface area contributed by atoms with Crippen molar-refractivity contribution in [3.05, 3.63) is 69.7 Å². The highest BCUT2D eigenvalue weighted by molar-refractivity contribution is 6.33.